The standard InChI is InChI=1S/C15H17N3OS/c1-2-16-9-5-8-14-17-18-15(20-14)13-10-11-6-3-4-7-12(11)19-13/h3-4,6-7,10,16H,2,5,8-9H2,1H3. The number of aromatic nitrogens is 2. The minimum Gasteiger partial charge on any atom is -0.453 e. The Morgan fingerprint density at radius 2 is 2.15 bits per heavy atom. The van der Waals surface area contributed by atoms with E-state index in [-0.39, 0.29) is 0 Å². The van der Waals surface area contributed by atoms with E-state index in [0.717, 1.165) is 52.7 Å². The summed E-state index contributed by atoms with van der Waals surface area (Å²) in [7, 11) is 0. The first-order valence-electron chi connectivity index (χ1n) is 6.89. The summed E-state index contributed by atoms with van der Waals surface area (Å²) in [4.78, 5) is 0. The highest BCUT2D eigenvalue weighted by molar-refractivity contribution is 7.14. The van der Waals surface area contributed by atoms with Gasteiger partial charge in [0.05, 0.1) is 0 Å². The van der Waals surface area contributed by atoms with Gasteiger partial charge in [-0.3, -0.25) is 0 Å². The lowest BCUT2D eigenvalue weighted by atomic mass is 10.2. The van der Waals surface area contributed by atoms with E-state index >= 15 is 0 Å². The first-order valence-corrected chi connectivity index (χ1v) is 7.70. The van der Waals surface area contributed by atoms with Gasteiger partial charge in [-0.15, -0.1) is 10.2 Å². The Hall–Kier alpha value is -1.72. The summed E-state index contributed by atoms with van der Waals surface area (Å²) < 4.78 is 5.81. The smallest absolute Gasteiger partial charge is 0.183 e. The van der Waals surface area contributed by atoms with Gasteiger partial charge in [0.25, 0.3) is 0 Å². The number of hydrogen-bond acceptors (Lipinski definition) is 5. The maximum Gasteiger partial charge on any atom is 0.183 e. The van der Waals surface area contributed by atoms with Crippen LogP contribution in [0, 0.1) is 0 Å². The third kappa shape index (κ3) is 2.89. The van der Waals surface area contributed by atoms with E-state index in [1.165, 1.54) is 0 Å². The largest absolute Gasteiger partial charge is 0.453 e. The highest BCUT2D eigenvalue weighted by Gasteiger charge is 2.11. The van der Waals surface area contributed by atoms with Crippen LogP contribution in [0.4, 0.5) is 0 Å². The Labute approximate surface area is 121 Å². The molecular formula is C15H17N3OS. The van der Waals surface area contributed by atoms with Crippen LogP contribution in [0.3, 0.4) is 0 Å². The normalized spacial score (nSPS) is 11.2. The van der Waals surface area contributed by atoms with E-state index in [9.17, 15) is 0 Å². The highest BCUT2D eigenvalue weighted by atomic mass is 32.1. The summed E-state index contributed by atoms with van der Waals surface area (Å²) in [5.74, 6) is 0.807. The molecule has 5 heteroatoms. The zero-order valence-electron chi connectivity index (χ0n) is 11.4. The van der Waals surface area contributed by atoms with Crippen molar-refractivity contribution in [2.45, 2.75) is 19.8 Å². The molecular weight excluding hydrogens is 270 g/mol. The van der Waals surface area contributed by atoms with Crippen LogP contribution in [0.15, 0.2) is 34.7 Å². The van der Waals surface area contributed by atoms with Crippen molar-refractivity contribution in [2.24, 2.45) is 0 Å². The van der Waals surface area contributed by atoms with Gasteiger partial charge in [-0.05, 0) is 31.6 Å². The molecule has 1 aromatic carbocycles. The second-order valence-electron chi connectivity index (χ2n) is 4.61. The molecule has 0 unspecified atom stereocenters. The van der Waals surface area contributed by atoms with Crippen LogP contribution >= 0.6 is 11.3 Å². The predicted molar refractivity (Wildman–Crippen MR) is 82.0 cm³/mol. The Bertz CT molecular complexity index is 656. The molecule has 3 rings (SSSR count). The molecule has 4 nitrogen and oxygen atoms in total. The maximum absolute atomic E-state index is 5.81. The van der Waals surface area contributed by atoms with Crippen molar-refractivity contribution in [2.75, 3.05) is 13.1 Å². The molecule has 0 spiro atoms. The first-order chi connectivity index (χ1) is 9.86. The molecule has 0 bridgehead atoms. The lowest BCUT2D eigenvalue weighted by molar-refractivity contribution is 0.629. The third-order valence-electron chi connectivity index (χ3n) is 3.10. The monoisotopic (exact) mass is 287 g/mol. The van der Waals surface area contributed by atoms with Crippen LogP contribution in [0.5, 0.6) is 0 Å². The lowest BCUT2D eigenvalue weighted by Gasteiger charge is -1.97. The van der Waals surface area contributed by atoms with E-state index in [4.69, 9.17) is 4.42 Å². The summed E-state index contributed by atoms with van der Waals surface area (Å²) in [5.41, 5.74) is 0.895. The molecule has 104 valence electrons. The van der Waals surface area contributed by atoms with Gasteiger partial charge in [-0.25, -0.2) is 0 Å². The van der Waals surface area contributed by atoms with Crippen molar-refractivity contribution in [1.82, 2.24) is 15.5 Å². The summed E-state index contributed by atoms with van der Waals surface area (Å²) in [6.07, 6.45) is 2.05. The van der Waals surface area contributed by atoms with Gasteiger partial charge in [0.1, 0.15) is 10.6 Å². The number of rotatable bonds is 6. The van der Waals surface area contributed by atoms with E-state index in [1.54, 1.807) is 11.3 Å². The van der Waals surface area contributed by atoms with Crippen LogP contribution in [0.25, 0.3) is 21.7 Å². The van der Waals surface area contributed by atoms with Gasteiger partial charge in [0.2, 0.25) is 0 Å². The van der Waals surface area contributed by atoms with E-state index in [0.29, 0.717) is 0 Å². The van der Waals surface area contributed by atoms with Crippen molar-refractivity contribution in [3.63, 3.8) is 0 Å². The summed E-state index contributed by atoms with van der Waals surface area (Å²) in [6, 6.07) is 10.0. The summed E-state index contributed by atoms with van der Waals surface area (Å²) in [6.45, 7) is 4.15. The fourth-order valence-electron chi connectivity index (χ4n) is 2.08. The Balaban J connectivity index is 1.72. The van der Waals surface area contributed by atoms with Crippen LogP contribution in [-0.4, -0.2) is 23.3 Å². The van der Waals surface area contributed by atoms with Crippen molar-refractivity contribution in [3.05, 3.63) is 35.3 Å². The van der Waals surface area contributed by atoms with Crippen molar-refractivity contribution >= 4 is 22.3 Å². The Morgan fingerprint density at radius 3 is 3.00 bits per heavy atom. The molecule has 0 aliphatic carbocycles. The molecule has 2 aromatic heterocycles. The van der Waals surface area contributed by atoms with E-state index in [1.807, 2.05) is 30.3 Å². The van der Waals surface area contributed by atoms with Gasteiger partial charge in [0.15, 0.2) is 10.8 Å². The number of benzene rings is 1. The molecule has 0 atom stereocenters. The topological polar surface area (TPSA) is 51.0 Å². The molecule has 0 aliphatic rings. The van der Waals surface area contributed by atoms with Gasteiger partial charge < -0.3 is 9.73 Å². The minimum atomic E-state index is 0.807. The third-order valence-corrected chi connectivity index (χ3v) is 4.09. The van der Waals surface area contributed by atoms with Crippen LogP contribution in [-0.2, 0) is 6.42 Å². The van der Waals surface area contributed by atoms with E-state index in [2.05, 4.69) is 22.4 Å². The first kappa shape index (κ1) is 13.3. The molecule has 0 amide bonds. The molecule has 1 N–H and O–H groups in total. The van der Waals surface area contributed by atoms with E-state index < -0.39 is 0 Å². The zero-order valence-corrected chi connectivity index (χ0v) is 12.2. The predicted octanol–water partition coefficient (Wildman–Crippen LogP) is 3.49. The minimum absolute atomic E-state index is 0.807. The number of nitrogens with one attached hydrogen (secondary N) is 1. The number of hydrogen-bond donors (Lipinski definition) is 1. The molecule has 0 radical (unpaired) electrons. The van der Waals surface area contributed by atoms with Crippen LogP contribution in [0.2, 0.25) is 0 Å². The van der Waals surface area contributed by atoms with Crippen molar-refractivity contribution in [1.29, 1.82) is 0 Å². The zero-order chi connectivity index (χ0) is 13.8. The Morgan fingerprint density at radius 1 is 1.25 bits per heavy atom. The summed E-state index contributed by atoms with van der Waals surface area (Å²) in [5, 5.41) is 14.8. The fraction of sp³-hybridized carbons (Fsp3) is 0.333. The molecule has 3 aromatic rings. The molecule has 0 saturated heterocycles. The molecule has 0 aliphatic heterocycles. The van der Waals surface area contributed by atoms with Gasteiger partial charge in [-0.1, -0.05) is 36.5 Å². The van der Waals surface area contributed by atoms with Gasteiger partial charge in [0, 0.05) is 11.8 Å². The van der Waals surface area contributed by atoms with Gasteiger partial charge >= 0.3 is 0 Å². The van der Waals surface area contributed by atoms with Gasteiger partial charge in [-0.2, -0.15) is 0 Å². The summed E-state index contributed by atoms with van der Waals surface area (Å²) >= 11 is 1.62. The molecule has 0 saturated carbocycles. The van der Waals surface area contributed by atoms with Crippen LogP contribution in [0.1, 0.15) is 18.4 Å². The quantitative estimate of drug-likeness (QED) is 0.705. The SMILES string of the molecule is CCNCCCc1nnc(-c2cc3ccccc3o2)s1. The lowest BCUT2D eigenvalue weighted by Crippen LogP contribution is -2.14. The molecule has 2 heterocycles. The van der Waals surface area contributed by atoms with Crippen molar-refractivity contribution in [3.8, 4) is 10.8 Å². The number of fused-ring (bicyclic) bond motifs is 1. The highest BCUT2D eigenvalue weighted by Crippen LogP contribution is 2.29. The number of nitrogens with zero attached hydrogens (tertiary/aromatic N) is 2. The second-order valence-corrected chi connectivity index (χ2v) is 5.67. The van der Waals surface area contributed by atoms with Crippen LogP contribution < -0.4 is 5.32 Å². The molecule has 0 fully saturated rings. The molecule has 20 heavy (non-hydrogen) atoms. The maximum atomic E-state index is 5.81. The number of aryl methyl sites for hydroxylation is 1. The number of para-hydroxylation sites is 1. The van der Waals surface area contributed by atoms with Crippen molar-refractivity contribution < 1.29 is 4.42 Å². The average molecular weight is 287 g/mol. The Kier molecular flexibility index (Phi) is 4.08. The average Bonchev–Trinajstić information content (AvgIpc) is 3.09. The number of furan rings is 1. The second kappa shape index (κ2) is 6.15. The fourth-order valence-corrected chi connectivity index (χ4v) is 2.92.